The molecule has 1 saturated heterocycles. The van der Waals surface area contributed by atoms with Gasteiger partial charge in [-0.2, -0.15) is 13.2 Å². The number of hydrogen-bond donors (Lipinski definition) is 0. The number of halogens is 3. The van der Waals surface area contributed by atoms with Gasteiger partial charge in [0.15, 0.2) is 0 Å². The zero-order chi connectivity index (χ0) is 18.9. The number of rotatable bonds is 2. The minimum Gasteiger partial charge on any atom is -0.353 e. The topological polar surface area (TPSA) is 49.3 Å². The highest BCUT2D eigenvalue weighted by Gasteiger charge is 2.34. The van der Waals surface area contributed by atoms with Gasteiger partial charge < -0.3 is 9.80 Å². The molecule has 1 aromatic heterocycles. The zero-order valence-electron chi connectivity index (χ0n) is 14.5. The molecule has 0 unspecified atom stereocenters. The van der Waals surface area contributed by atoms with Crippen LogP contribution in [0.3, 0.4) is 0 Å². The van der Waals surface area contributed by atoms with E-state index in [1.54, 1.807) is 15.9 Å². The van der Waals surface area contributed by atoms with Gasteiger partial charge in [0.2, 0.25) is 0 Å². The number of hydrogen-bond acceptors (Lipinski definition) is 4. The molecule has 0 saturated carbocycles. The molecule has 0 spiro atoms. The van der Waals surface area contributed by atoms with Crippen LogP contribution in [-0.4, -0.2) is 47.0 Å². The summed E-state index contributed by atoms with van der Waals surface area (Å²) in [6.07, 6.45) is -4.51. The third-order valence-electron chi connectivity index (χ3n) is 4.27. The van der Waals surface area contributed by atoms with Crippen molar-refractivity contribution in [1.29, 1.82) is 0 Å². The highest BCUT2D eigenvalue weighted by molar-refractivity contribution is 5.94. The van der Waals surface area contributed by atoms with Crippen LogP contribution in [0.5, 0.6) is 0 Å². The summed E-state index contributed by atoms with van der Waals surface area (Å²) in [7, 11) is 0. The Bertz CT molecular complexity index is 814. The quantitative estimate of drug-likeness (QED) is 0.822. The van der Waals surface area contributed by atoms with E-state index in [0.717, 1.165) is 11.6 Å². The highest BCUT2D eigenvalue weighted by Crippen LogP contribution is 2.30. The predicted octanol–water partition coefficient (Wildman–Crippen LogP) is 3.07. The maximum atomic E-state index is 12.9. The first-order valence-corrected chi connectivity index (χ1v) is 8.28. The van der Waals surface area contributed by atoms with Crippen LogP contribution in [0.4, 0.5) is 19.0 Å². The molecule has 1 aliphatic rings. The third-order valence-corrected chi connectivity index (χ3v) is 4.27. The number of anilines is 1. The molecule has 2 heterocycles. The van der Waals surface area contributed by atoms with Crippen molar-refractivity contribution in [3.63, 3.8) is 0 Å². The van der Waals surface area contributed by atoms with Crippen molar-refractivity contribution >= 4 is 11.7 Å². The maximum Gasteiger partial charge on any atom is 0.433 e. The molecule has 1 aliphatic heterocycles. The Hall–Kier alpha value is -2.64. The normalized spacial score (nSPS) is 15.3. The average Bonchev–Trinajstić information content (AvgIpc) is 2.60. The Kier molecular flexibility index (Phi) is 4.84. The molecule has 0 atom stereocenters. The SMILES string of the molecule is Cc1cccc(C(=O)N2CCN(c3cc(C(F)(F)F)nc(C)n3)CC2)c1. The van der Waals surface area contributed by atoms with Gasteiger partial charge in [0.25, 0.3) is 5.91 Å². The number of carbonyl (C=O) groups is 1. The summed E-state index contributed by atoms with van der Waals surface area (Å²) in [6, 6.07) is 8.32. The second kappa shape index (κ2) is 6.93. The van der Waals surface area contributed by atoms with Crippen molar-refractivity contribution in [3.8, 4) is 0 Å². The summed E-state index contributed by atoms with van der Waals surface area (Å²) in [4.78, 5) is 23.6. The van der Waals surface area contributed by atoms with Crippen molar-refractivity contribution in [3.05, 3.63) is 53.0 Å². The summed E-state index contributed by atoms with van der Waals surface area (Å²) in [5.74, 6) is 0.253. The number of carbonyl (C=O) groups excluding carboxylic acids is 1. The number of aryl methyl sites for hydroxylation is 2. The molecular weight excluding hydrogens is 345 g/mol. The number of benzene rings is 1. The second-order valence-electron chi connectivity index (χ2n) is 6.31. The summed E-state index contributed by atoms with van der Waals surface area (Å²) < 4.78 is 38.8. The van der Waals surface area contributed by atoms with E-state index >= 15 is 0 Å². The van der Waals surface area contributed by atoms with Crippen molar-refractivity contribution in [2.75, 3.05) is 31.1 Å². The van der Waals surface area contributed by atoms with E-state index in [9.17, 15) is 18.0 Å². The van der Waals surface area contributed by atoms with Gasteiger partial charge in [-0.05, 0) is 26.0 Å². The Morgan fingerprint density at radius 3 is 2.35 bits per heavy atom. The van der Waals surface area contributed by atoms with Crippen LogP contribution >= 0.6 is 0 Å². The van der Waals surface area contributed by atoms with Gasteiger partial charge in [-0.25, -0.2) is 9.97 Å². The van der Waals surface area contributed by atoms with Gasteiger partial charge in [0.1, 0.15) is 17.3 Å². The molecule has 26 heavy (non-hydrogen) atoms. The minimum absolute atomic E-state index is 0.0665. The smallest absolute Gasteiger partial charge is 0.353 e. The zero-order valence-corrected chi connectivity index (χ0v) is 14.5. The van der Waals surface area contributed by atoms with E-state index in [0.29, 0.717) is 31.7 Å². The number of nitrogens with zero attached hydrogens (tertiary/aromatic N) is 4. The Morgan fingerprint density at radius 2 is 1.73 bits per heavy atom. The number of piperazine rings is 1. The molecule has 1 amide bonds. The molecule has 138 valence electrons. The van der Waals surface area contributed by atoms with Crippen LogP contribution in [0.15, 0.2) is 30.3 Å². The number of amides is 1. The van der Waals surface area contributed by atoms with Gasteiger partial charge >= 0.3 is 6.18 Å². The maximum absolute atomic E-state index is 12.9. The van der Waals surface area contributed by atoms with Crippen LogP contribution in [0.1, 0.15) is 27.4 Å². The molecule has 0 N–H and O–H groups in total. The van der Waals surface area contributed by atoms with Crippen molar-refractivity contribution < 1.29 is 18.0 Å². The molecule has 0 bridgehead atoms. The van der Waals surface area contributed by atoms with Crippen molar-refractivity contribution in [2.24, 2.45) is 0 Å². The first-order valence-electron chi connectivity index (χ1n) is 8.28. The van der Waals surface area contributed by atoms with Gasteiger partial charge in [0.05, 0.1) is 0 Å². The first-order chi connectivity index (χ1) is 12.2. The van der Waals surface area contributed by atoms with E-state index in [1.807, 2.05) is 25.1 Å². The first kappa shape index (κ1) is 18.2. The summed E-state index contributed by atoms with van der Waals surface area (Å²) in [5, 5.41) is 0. The molecule has 1 fully saturated rings. The van der Waals surface area contributed by atoms with E-state index in [2.05, 4.69) is 9.97 Å². The molecule has 0 radical (unpaired) electrons. The van der Waals surface area contributed by atoms with Crippen molar-refractivity contribution in [2.45, 2.75) is 20.0 Å². The van der Waals surface area contributed by atoms with Crippen LogP contribution < -0.4 is 4.90 Å². The summed E-state index contributed by atoms with van der Waals surface area (Å²) in [6.45, 7) is 5.06. The van der Waals surface area contributed by atoms with Gasteiger partial charge in [-0.15, -0.1) is 0 Å². The van der Waals surface area contributed by atoms with E-state index in [1.165, 1.54) is 6.92 Å². The molecule has 5 nitrogen and oxygen atoms in total. The fourth-order valence-corrected chi connectivity index (χ4v) is 2.96. The van der Waals surface area contributed by atoms with Crippen LogP contribution in [0.25, 0.3) is 0 Å². The number of alkyl halides is 3. The van der Waals surface area contributed by atoms with Crippen LogP contribution in [-0.2, 0) is 6.18 Å². The van der Waals surface area contributed by atoms with Crippen LogP contribution in [0.2, 0.25) is 0 Å². The molecule has 2 aromatic rings. The second-order valence-corrected chi connectivity index (χ2v) is 6.31. The Balaban J connectivity index is 1.71. The van der Waals surface area contributed by atoms with E-state index < -0.39 is 11.9 Å². The van der Waals surface area contributed by atoms with Gasteiger partial charge in [-0.1, -0.05) is 17.7 Å². The third kappa shape index (κ3) is 3.95. The van der Waals surface area contributed by atoms with Gasteiger partial charge in [-0.3, -0.25) is 4.79 Å². The Morgan fingerprint density at radius 1 is 1.04 bits per heavy atom. The minimum atomic E-state index is -4.51. The summed E-state index contributed by atoms with van der Waals surface area (Å²) >= 11 is 0. The van der Waals surface area contributed by atoms with Crippen molar-refractivity contribution in [1.82, 2.24) is 14.9 Å². The predicted molar refractivity (Wildman–Crippen MR) is 91.1 cm³/mol. The standard InChI is InChI=1S/C18H19F3N4O/c1-12-4-3-5-14(10-12)17(26)25-8-6-24(7-9-25)16-11-15(18(19,20)21)22-13(2)23-16/h3-5,10-11H,6-9H2,1-2H3. The Labute approximate surface area is 149 Å². The lowest BCUT2D eigenvalue weighted by Gasteiger charge is -2.35. The van der Waals surface area contributed by atoms with Gasteiger partial charge in [0, 0.05) is 37.8 Å². The lowest BCUT2D eigenvalue weighted by molar-refractivity contribution is -0.141. The molecule has 0 aliphatic carbocycles. The molecule has 8 heteroatoms. The highest BCUT2D eigenvalue weighted by atomic mass is 19.4. The monoisotopic (exact) mass is 364 g/mol. The van der Waals surface area contributed by atoms with Crippen LogP contribution in [0, 0.1) is 13.8 Å². The molecule has 1 aromatic carbocycles. The number of aromatic nitrogens is 2. The average molecular weight is 364 g/mol. The lowest BCUT2D eigenvalue weighted by atomic mass is 10.1. The fraction of sp³-hybridized carbons (Fsp3) is 0.389. The van der Waals surface area contributed by atoms with E-state index in [-0.39, 0.29) is 17.5 Å². The largest absolute Gasteiger partial charge is 0.433 e. The fourth-order valence-electron chi connectivity index (χ4n) is 2.96. The lowest BCUT2D eigenvalue weighted by Crippen LogP contribution is -2.49. The van der Waals surface area contributed by atoms with E-state index in [4.69, 9.17) is 0 Å². The molecule has 3 rings (SSSR count). The summed E-state index contributed by atoms with van der Waals surface area (Å²) in [5.41, 5.74) is 0.680. The molecular formula is C18H19F3N4O.